The maximum absolute atomic E-state index is 12.4. The maximum Gasteiger partial charge on any atom is 0.410 e. The number of nitrogens with one attached hydrogen (secondary N) is 2. The average molecular weight is 438 g/mol. The van der Waals surface area contributed by atoms with Crippen LogP contribution < -0.4 is 5.32 Å². The molecule has 2 N–H and O–H groups in total. The van der Waals surface area contributed by atoms with E-state index in [4.69, 9.17) is 27.9 Å². The summed E-state index contributed by atoms with van der Waals surface area (Å²) in [4.78, 5) is 26.5. The Labute approximate surface area is 177 Å². The predicted molar refractivity (Wildman–Crippen MR) is 106 cm³/mol. The molecule has 0 spiro atoms. The van der Waals surface area contributed by atoms with Crippen LogP contribution >= 0.6 is 23.2 Å². The smallest absolute Gasteiger partial charge is 0.410 e. The standard InChI is InChI=1S/C19H21Cl2N5O3/c20-15-1-11(2-16(21)5-15)10-29-19(28)26-8-13-3-12(4-14(13)9-26)18(27)22-6-17-7-23-25-24-17/h1-2,5,7,12-14H,3-4,6,8-10H2,(H,22,27)(H,23,24,25). The molecule has 2 aliphatic rings. The molecule has 2 amide bonds. The molecule has 154 valence electrons. The summed E-state index contributed by atoms with van der Waals surface area (Å²) in [5.41, 5.74) is 1.45. The van der Waals surface area contributed by atoms with Crippen molar-refractivity contribution in [3.63, 3.8) is 0 Å². The van der Waals surface area contributed by atoms with E-state index in [-0.39, 0.29) is 24.5 Å². The number of benzene rings is 1. The minimum Gasteiger partial charge on any atom is -0.445 e. The summed E-state index contributed by atoms with van der Waals surface area (Å²) in [7, 11) is 0. The molecule has 1 aromatic heterocycles. The molecule has 1 aliphatic heterocycles. The van der Waals surface area contributed by atoms with Crippen LogP contribution in [-0.2, 0) is 22.7 Å². The summed E-state index contributed by atoms with van der Waals surface area (Å²) in [6.07, 6.45) is 2.80. The Morgan fingerprint density at radius 1 is 1.17 bits per heavy atom. The van der Waals surface area contributed by atoms with Crippen LogP contribution in [0.3, 0.4) is 0 Å². The molecule has 1 aliphatic carbocycles. The van der Waals surface area contributed by atoms with Gasteiger partial charge in [0.15, 0.2) is 0 Å². The number of hydrogen-bond donors (Lipinski definition) is 2. The third kappa shape index (κ3) is 4.82. The van der Waals surface area contributed by atoms with Gasteiger partial charge in [-0.05, 0) is 48.4 Å². The van der Waals surface area contributed by atoms with Crippen molar-refractivity contribution in [2.24, 2.45) is 17.8 Å². The highest BCUT2D eigenvalue weighted by molar-refractivity contribution is 6.34. The predicted octanol–water partition coefficient (Wildman–Crippen LogP) is 3.02. The van der Waals surface area contributed by atoms with E-state index in [2.05, 4.69) is 20.7 Å². The van der Waals surface area contributed by atoms with Crippen LogP contribution in [0.25, 0.3) is 0 Å². The van der Waals surface area contributed by atoms with E-state index >= 15 is 0 Å². The number of H-pyrrole nitrogens is 1. The molecule has 0 radical (unpaired) electrons. The number of rotatable bonds is 5. The van der Waals surface area contributed by atoms with Crippen molar-refractivity contribution in [3.8, 4) is 0 Å². The Morgan fingerprint density at radius 3 is 2.48 bits per heavy atom. The Kier molecular flexibility index (Phi) is 5.91. The van der Waals surface area contributed by atoms with Gasteiger partial charge in [-0.25, -0.2) is 4.79 Å². The fourth-order valence-corrected chi connectivity index (χ4v) is 4.80. The van der Waals surface area contributed by atoms with E-state index < -0.39 is 0 Å². The van der Waals surface area contributed by atoms with Gasteiger partial charge in [0.1, 0.15) is 12.3 Å². The summed E-state index contributed by atoms with van der Waals surface area (Å²) in [6.45, 7) is 1.73. The summed E-state index contributed by atoms with van der Waals surface area (Å²) < 4.78 is 5.42. The lowest BCUT2D eigenvalue weighted by Crippen LogP contribution is -2.33. The Bertz CT molecular complexity index is 858. The number of likely N-dealkylation sites (tertiary alicyclic amines) is 1. The molecular formula is C19H21Cl2N5O3. The molecule has 2 fully saturated rings. The van der Waals surface area contributed by atoms with Crippen LogP contribution in [0.5, 0.6) is 0 Å². The zero-order valence-electron chi connectivity index (χ0n) is 15.6. The normalized spacial score (nSPS) is 23.1. The van der Waals surface area contributed by atoms with Gasteiger partial charge in [-0.2, -0.15) is 15.4 Å². The number of nitrogens with zero attached hydrogens (tertiary/aromatic N) is 3. The minimum absolute atomic E-state index is 0.0244. The van der Waals surface area contributed by atoms with E-state index in [0.29, 0.717) is 47.2 Å². The first kappa shape index (κ1) is 20.0. The second-order valence-corrected chi connectivity index (χ2v) is 8.48. The van der Waals surface area contributed by atoms with Gasteiger partial charge in [0.25, 0.3) is 0 Å². The molecule has 29 heavy (non-hydrogen) atoms. The second-order valence-electron chi connectivity index (χ2n) is 7.60. The molecule has 2 atom stereocenters. The molecule has 2 aromatic rings. The van der Waals surface area contributed by atoms with E-state index in [1.165, 1.54) is 0 Å². The summed E-state index contributed by atoms with van der Waals surface area (Å²) in [6, 6.07) is 5.08. The van der Waals surface area contributed by atoms with Gasteiger partial charge in [0.05, 0.1) is 12.7 Å². The third-order valence-corrected chi connectivity index (χ3v) is 6.01. The summed E-state index contributed by atoms with van der Waals surface area (Å²) in [5, 5.41) is 14.1. The number of hydrogen-bond acceptors (Lipinski definition) is 5. The molecule has 1 aromatic carbocycles. The van der Waals surface area contributed by atoms with Gasteiger partial charge in [-0.3, -0.25) is 4.79 Å². The highest BCUT2D eigenvalue weighted by atomic mass is 35.5. The molecular weight excluding hydrogens is 417 g/mol. The molecule has 2 heterocycles. The third-order valence-electron chi connectivity index (χ3n) is 5.57. The first-order chi connectivity index (χ1) is 14.0. The van der Waals surface area contributed by atoms with Crippen molar-refractivity contribution >= 4 is 35.2 Å². The molecule has 2 unspecified atom stereocenters. The lowest BCUT2D eigenvalue weighted by molar-refractivity contribution is -0.125. The van der Waals surface area contributed by atoms with E-state index in [1.807, 2.05) is 0 Å². The van der Waals surface area contributed by atoms with Crippen LogP contribution in [0.1, 0.15) is 24.1 Å². The molecule has 1 saturated heterocycles. The molecule has 10 heteroatoms. The van der Waals surface area contributed by atoms with Crippen LogP contribution in [0.15, 0.2) is 24.4 Å². The number of carbonyl (C=O) groups is 2. The van der Waals surface area contributed by atoms with Crippen molar-refractivity contribution in [2.75, 3.05) is 13.1 Å². The molecule has 4 rings (SSSR count). The van der Waals surface area contributed by atoms with E-state index in [0.717, 1.165) is 18.4 Å². The minimum atomic E-state index is -0.345. The Balaban J connectivity index is 1.23. The van der Waals surface area contributed by atoms with Crippen LogP contribution in [0.2, 0.25) is 10.0 Å². The fourth-order valence-electron chi connectivity index (χ4n) is 4.23. The fraction of sp³-hybridized carbons (Fsp3) is 0.474. The number of halogens is 2. The largest absolute Gasteiger partial charge is 0.445 e. The van der Waals surface area contributed by atoms with Gasteiger partial charge in [-0.15, -0.1) is 0 Å². The Morgan fingerprint density at radius 2 is 1.86 bits per heavy atom. The number of aromatic amines is 1. The van der Waals surface area contributed by atoms with Gasteiger partial charge in [0, 0.05) is 29.1 Å². The van der Waals surface area contributed by atoms with Crippen LogP contribution in [-0.4, -0.2) is 45.4 Å². The topological polar surface area (TPSA) is 100 Å². The number of amides is 2. The van der Waals surface area contributed by atoms with E-state index in [1.54, 1.807) is 29.3 Å². The average Bonchev–Trinajstić information content (AvgIpc) is 3.39. The van der Waals surface area contributed by atoms with Gasteiger partial charge in [0.2, 0.25) is 5.91 Å². The van der Waals surface area contributed by atoms with Gasteiger partial charge in [-0.1, -0.05) is 23.2 Å². The lowest BCUT2D eigenvalue weighted by Gasteiger charge is -2.19. The Hall–Kier alpha value is -2.32. The van der Waals surface area contributed by atoms with Crippen molar-refractivity contribution in [3.05, 3.63) is 45.7 Å². The first-order valence-corrected chi connectivity index (χ1v) is 10.2. The number of carbonyl (C=O) groups excluding carboxylic acids is 2. The van der Waals surface area contributed by atoms with Gasteiger partial charge < -0.3 is 15.0 Å². The maximum atomic E-state index is 12.4. The van der Waals surface area contributed by atoms with Crippen molar-refractivity contribution in [2.45, 2.75) is 26.0 Å². The first-order valence-electron chi connectivity index (χ1n) is 9.47. The van der Waals surface area contributed by atoms with Crippen LogP contribution in [0.4, 0.5) is 4.79 Å². The van der Waals surface area contributed by atoms with Crippen molar-refractivity contribution in [1.29, 1.82) is 0 Å². The molecule has 8 nitrogen and oxygen atoms in total. The SMILES string of the molecule is O=C(NCc1cn[nH]n1)C1CC2CN(C(=O)OCc3cc(Cl)cc(Cl)c3)CC2C1. The van der Waals surface area contributed by atoms with Crippen LogP contribution in [0, 0.1) is 17.8 Å². The molecule has 1 saturated carbocycles. The highest BCUT2D eigenvalue weighted by Crippen LogP contribution is 2.41. The number of ether oxygens (including phenoxy) is 1. The lowest BCUT2D eigenvalue weighted by atomic mass is 10.0. The van der Waals surface area contributed by atoms with E-state index in [9.17, 15) is 9.59 Å². The monoisotopic (exact) mass is 437 g/mol. The van der Waals surface area contributed by atoms with Crippen molar-refractivity contribution in [1.82, 2.24) is 25.6 Å². The number of aromatic nitrogens is 3. The second kappa shape index (κ2) is 8.59. The summed E-state index contributed by atoms with van der Waals surface area (Å²) >= 11 is 11.9. The zero-order valence-corrected chi connectivity index (χ0v) is 17.1. The summed E-state index contributed by atoms with van der Waals surface area (Å²) in [5.74, 6) is 0.662. The zero-order chi connectivity index (χ0) is 20.4. The quantitative estimate of drug-likeness (QED) is 0.748. The number of fused-ring (bicyclic) bond motifs is 1. The molecule has 0 bridgehead atoms. The van der Waals surface area contributed by atoms with Gasteiger partial charge >= 0.3 is 6.09 Å². The van der Waals surface area contributed by atoms with Crippen molar-refractivity contribution < 1.29 is 14.3 Å². The highest BCUT2D eigenvalue weighted by Gasteiger charge is 2.44.